The lowest BCUT2D eigenvalue weighted by Gasteiger charge is -2.35. The zero-order valence-electron chi connectivity index (χ0n) is 12.5. The average molecular weight is 284 g/mol. The first kappa shape index (κ1) is 13.3. The van der Waals surface area contributed by atoms with E-state index in [1.54, 1.807) is 0 Å². The molecule has 3 atom stereocenters. The number of likely N-dealkylation sites (tertiary alicyclic amines) is 1. The Morgan fingerprint density at radius 3 is 2.43 bits per heavy atom. The van der Waals surface area contributed by atoms with Crippen LogP contribution in [-0.2, 0) is 4.79 Å². The Kier molecular flexibility index (Phi) is 3.46. The summed E-state index contributed by atoms with van der Waals surface area (Å²) in [4.78, 5) is 14.9. The molecule has 3 aliphatic heterocycles. The van der Waals surface area contributed by atoms with Gasteiger partial charge in [0.2, 0.25) is 5.91 Å². The SMILES string of the molecule is O=C(C1CC2CCC1N2)N1CCC(c2ccccc2)CC1. The second-order valence-electron chi connectivity index (χ2n) is 6.90. The van der Waals surface area contributed by atoms with Crippen molar-refractivity contribution in [2.75, 3.05) is 13.1 Å². The molecule has 21 heavy (non-hydrogen) atoms. The third-order valence-electron chi connectivity index (χ3n) is 5.69. The van der Waals surface area contributed by atoms with Crippen LogP contribution in [0.2, 0.25) is 0 Å². The monoisotopic (exact) mass is 284 g/mol. The summed E-state index contributed by atoms with van der Waals surface area (Å²) in [5.41, 5.74) is 1.44. The molecule has 3 unspecified atom stereocenters. The van der Waals surface area contributed by atoms with Gasteiger partial charge >= 0.3 is 0 Å². The van der Waals surface area contributed by atoms with Gasteiger partial charge in [0.15, 0.2) is 0 Å². The molecule has 4 rings (SSSR count). The van der Waals surface area contributed by atoms with Crippen molar-refractivity contribution in [3.05, 3.63) is 35.9 Å². The molecule has 112 valence electrons. The van der Waals surface area contributed by atoms with E-state index in [9.17, 15) is 4.79 Å². The lowest BCUT2D eigenvalue weighted by Crippen LogP contribution is -2.44. The number of hydrogen-bond donors (Lipinski definition) is 1. The Bertz CT molecular complexity index is 507. The van der Waals surface area contributed by atoms with Gasteiger partial charge in [-0.1, -0.05) is 30.3 Å². The number of fused-ring (bicyclic) bond motifs is 2. The van der Waals surface area contributed by atoms with E-state index in [1.165, 1.54) is 18.4 Å². The van der Waals surface area contributed by atoms with E-state index < -0.39 is 0 Å². The van der Waals surface area contributed by atoms with Crippen LogP contribution in [0.3, 0.4) is 0 Å². The fourth-order valence-corrected chi connectivity index (χ4v) is 4.49. The van der Waals surface area contributed by atoms with Crippen molar-refractivity contribution in [1.29, 1.82) is 0 Å². The fourth-order valence-electron chi connectivity index (χ4n) is 4.49. The van der Waals surface area contributed by atoms with E-state index in [0.29, 0.717) is 23.9 Å². The predicted molar refractivity (Wildman–Crippen MR) is 83.0 cm³/mol. The van der Waals surface area contributed by atoms with Crippen LogP contribution in [0.5, 0.6) is 0 Å². The van der Waals surface area contributed by atoms with Crippen molar-refractivity contribution >= 4 is 5.91 Å². The maximum absolute atomic E-state index is 12.7. The van der Waals surface area contributed by atoms with Gasteiger partial charge in [-0.2, -0.15) is 0 Å². The van der Waals surface area contributed by atoms with E-state index in [2.05, 4.69) is 40.5 Å². The molecule has 3 aliphatic rings. The van der Waals surface area contributed by atoms with Gasteiger partial charge in [-0.25, -0.2) is 0 Å². The molecule has 1 aromatic rings. The van der Waals surface area contributed by atoms with E-state index in [1.807, 2.05) is 0 Å². The minimum atomic E-state index is 0.261. The molecular formula is C18H24N2O. The van der Waals surface area contributed by atoms with Crippen molar-refractivity contribution < 1.29 is 4.79 Å². The third-order valence-corrected chi connectivity index (χ3v) is 5.69. The van der Waals surface area contributed by atoms with Crippen LogP contribution in [0.15, 0.2) is 30.3 Å². The van der Waals surface area contributed by atoms with Crippen molar-refractivity contribution in [3.63, 3.8) is 0 Å². The minimum absolute atomic E-state index is 0.261. The fraction of sp³-hybridized carbons (Fsp3) is 0.611. The second-order valence-corrected chi connectivity index (χ2v) is 6.90. The Morgan fingerprint density at radius 1 is 1.05 bits per heavy atom. The van der Waals surface area contributed by atoms with Crippen molar-refractivity contribution in [2.45, 2.75) is 50.1 Å². The highest BCUT2D eigenvalue weighted by molar-refractivity contribution is 5.80. The van der Waals surface area contributed by atoms with Gasteiger partial charge in [0, 0.05) is 25.2 Å². The van der Waals surface area contributed by atoms with Crippen LogP contribution in [0.4, 0.5) is 0 Å². The number of benzene rings is 1. The molecule has 3 saturated heterocycles. The molecule has 0 aromatic heterocycles. The highest BCUT2D eigenvalue weighted by Gasteiger charge is 2.44. The highest BCUT2D eigenvalue weighted by Crippen LogP contribution is 2.36. The first-order chi connectivity index (χ1) is 10.3. The first-order valence-corrected chi connectivity index (χ1v) is 8.41. The van der Waals surface area contributed by atoms with Crippen LogP contribution in [0.1, 0.15) is 43.6 Å². The lowest BCUT2D eigenvalue weighted by molar-refractivity contribution is -0.137. The van der Waals surface area contributed by atoms with Gasteiger partial charge in [0.05, 0.1) is 5.92 Å². The Balaban J connectivity index is 1.36. The minimum Gasteiger partial charge on any atom is -0.342 e. The largest absolute Gasteiger partial charge is 0.342 e. The van der Waals surface area contributed by atoms with Gasteiger partial charge < -0.3 is 10.2 Å². The zero-order valence-corrected chi connectivity index (χ0v) is 12.5. The number of nitrogens with zero attached hydrogens (tertiary/aromatic N) is 1. The number of carbonyl (C=O) groups excluding carboxylic acids is 1. The highest BCUT2D eigenvalue weighted by atomic mass is 16.2. The van der Waals surface area contributed by atoms with Gasteiger partial charge in [0.1, 0.15) is 0 Å². The second kappa shape index (κ2) is 5.45. The summed E-state index contributed by atoms with van der Waals surface area (Å²) >= 11 is 0. The van der Waals surface area contributed by atoms with Crippen molar-refractivity contribution in [2.24, 2.45) is 5.92 Å². The average Bonchev–Trinajstić information content (AvgIpc) is 3.18. The molecule has 3 heterocycles. The van der Waals surface area contributed by atoms with Crippen LogP contribution in [0, 0.1) is 5.92 Å². The molecular weight excluding hydrogens is 260 g/mol. The van der Waals surface area contributed by atoms with E-state index in [-0.39, 0.29) is 5.92 Å². The third kappa shape index (κ3) is 2.48. The van der Waals surface area contributed by atoms with Crippen molar-refractivity contribution in [1.82, 2.24) is 10.2 Å². The number of nitrogens with one attached hydrogen (secondary N) is 1. The van der Waals surface area contributed by atoms with Crippen LogP contribution in [0.25, 0.3) is 0 Å². The molecule has 2 bridgehead atoms. The number of piperidine rings is 1. The lowest BCUT2D eigenvalue weighted by atomic mass is 9.86. The van der Waals surface area contributed by atoms with E-state index >= 15 is 0 Å². The van der Waals surface area contributed by atoms with Crippen LogP contribution in [-0.4, -0.2) is 36.0 Å². The summed E-state index contributed by atoms with van der Waals surface area (Å²) in [7, 11) is 0. The quantitative estimate of drug-likeness (QED) is 0.905. The molecule has 0 saturated carbocycles. The van der Waals surface area contributed by atoms with Crippen molar-refractivity contribution in [3.8, 4) is 0 Å². The Morgan fingerprint density at radius 2 is 1.81 bits per heavy atom. The number of amides is 1. The molecule has 0 radical (unpaired) electrons. The molecule has 1 aromatic carbocycles. The summed E-state index contributed by atoms with van der Waals surface area (Å²) in [6, 6.07) is 11.8. The molecule has 3 nitrogen and oxygen atoms in total. The zero-order chi connectivity index (χ0) is 14.2. The summed E-state index contributed by atoms with van der Waals surface area (Å²) in [6.45, 7) is 1.87. The smallest absolute Gasteiger partial charge is 0.227 e. The topological polar surface area (TPSA) is 32.3 Å². The van der Waals surface area contributed by atoms with Gasteiger partial charge in [-0.15, -0.1) is 0 Å². The van der Waals surface area contributed by atoms with Gasteiger partial charge in [-0.3, -0.25) is 4.79 Å². The standard InChI is InChI=1S/C18H24N2O/c21-18(16-12-15-6-7-17(16)19-15)20-10-8-14(9-11-20)13-4-2-1-3-5-13/h1-5,14-17,19H,6-12H2. The molecule has 1 N–H and O–H groups in total. The Labute approximate surface area is 126 Å². The van der Waals surface area contributed by atoms with Crippen LogP contribution < -0.4 is 5.32 Å². The Hall–Kier alpha value is -1.35. The molecule has 3 fully saturated rings. The van der Waals surface area contributed by atoms with Gasteiger partial charge in [0.25, 0.3) is 0 Å². The maximum atomic E-state index is 12.7. The summed E-state index contributed by atoms with van der Waals surface area (Å²) in [5, 5.41) is 3.59. The molecule has 1 amide bonds. The summed E-state index contributed by atoms with van der Waals surface area (Å²) in [5.74, 6) is 1.31. The predicted octanol–water partition coefficient (Wildman–Crippen LogP) is 2.53. The first-order valence-electron chi connectivity index (χ1n) is 8.41. The van der Waals surface area contributed by atoms with E-state index in [4.69, 9.17) is 0 Å². The van der Waals surface area contributed by atoms with Gasteiger partial charge in [-0.05, 0) is 43.6 Å². The molecule has 0 aliphatic carbocycles. The molecule has 3 heteroatoms. The van der Waals surface area contributed by atoms with E-state index in [0.717, 1.165) is 32.4 Å². The number of rotatable bonds is 2. The normalized spacial score (nSPS) is 32.6. The maximum Gasteiger partial charge on any atom is 0.227 e. The molecule has 0 spiro atoms. The summed E-state index contributed by atoms with van der Waals surface area (Å²) < 4.78 is 0. The number of hydrogen-bond acceptors (Lipinski definition) is 2. The number of carbonyl (C=O) groups is 1. The summed E-state index contributed by atoms with van der Waals surface area (Å²) in [6.07, 6.45) is 5.77. The van der Waals surface area contributed by atoms with Crippen LogP contribution >= 0.6 is 0 Å².